The van der Waals surface area contributed by atoms with E-state index in [9.17, 15) is 9.59 Å². The van der Waals surface area contributed by atoms with E-state index in [1.54, 1.807) is 36.0 Å². The van der Waals surface area contributed by atoms with Crippen LogP contribution in [0, 0.1) is 0 Å². The summed E-state index contributed by atoms with van der Waals surface area (Å²) < 4.78 is 3.26. The molecule has 0 saturated heterocycles. The van der Waals surface area contributed by atoms with Crippen LogP contribution in [0.5, 0.6) is 0 Å². The van der Waals surface area contributed by atoms with Gasteiger partial charge < -0.3 is 9.13 Å². The molecular weight excluding hydrogens is 376 g/mol. The average molecular weight is 393 g/mol. The number of hydrogen-bond donors (Lipinski definition) is 1. The molecule has 0 bridgehead atoms. The molecular formula is C21H17ClN4O2. The molecule has 7 heteroatoms. The zero-order chi connectivity index (χ0) is 19.7. The number of nitrogens with zero attached hydrogens (tertiary/aromatic N) is 3. The van der Waals surface area contributed by atoms with E-state index in [1.807, 2.05) is 36.4 Å². The lowest BCUT2D eigenvalue weighted by molar-refractivity contribution is 0.102. The SMILES string of the molecule is Cn1c(NC(=O)c2cccn(Cc3ccccc3)c2=O)nc2cc(Cl)ccc21. The number of hydrogen-bond acceptors (Lipinski definition) is 3. The van der Waals surface area contributed by atoms with Gasteiger partial charge >= 0.3 is 0 Å². The molecule has 0 aliphatic rings. The number of carbonyl (C=O) groups excluding carboxylic acids is 1. The van der Waals surface area contributed by atoms with E-state index in [0.717, 1.165) is 11.1 Å². The van der Waals surface area contributed by atoms with Crippen molar-refractivity contribution >= 4 is 34.5 Å². The van der Waals surface area contributed by atoms with Gasteiger partial charge in [0.25, 0.3) is 11.5 Å². The van der Waals surface area contributed by atoms with Crippen molar-refractivity contribution in [2.45, 2.75) is 6.54 Å². The summed E-state index contributed by atoms with van der Waals surface area (Å²) in [6.45, 7) is 0.394. The third-order valence-corrected chi connectivity index (χ3v) is 4.76. The van der Waals surface area contributed by atoms with Crippen LogP contribution >= 0.6 is 11.6 Å². The molecule has 0 aliphatic heterocycles. The first-order valence-electron chi connectivity index (χ1n) is 8.69. The van der Waals surface area contributed by atoms with E-state index >= 15 is 0 Å². The van der Waals surface area contributed by atoms with Gasteiger partial charge in [0, 0.05) is 18.3 Å². The van der Waals surface area contributed by atoms with E-state index in [0.29, 0.717) is 23.0 Å². The molecule has 4 aromatic rings. The number of halogens is 1. The molecule has 6 nitrogen and oxygen atoms in total. The Morgan fingerprint density at radius 3 is 2.68 bits per heavy atom. The monoisotopic (exact) mass is 392 g/mol. The highest BCUT2D eigenvalue weighted by atomic mass is 35.5. The molecule has 0 atom stereocenters. The lowest BCUT2D eigenvalue weighted by Gasteiger charge is -2.09. The van der Waals surface area contributed by atoms with E-state index in [1.165, 1.54) is 10.6 Å². The average Bonchev–Trinajstić information content (AvgIpc) is 2.99. The van der Waals surface area contributed by atoms with Crippen LogP contribution in [-0.4, -0.2) is 20.0 Å². The summed E-state index contributed by atoms with van der Waals surface area (Å²) in [7, 11) is 1.79. The van der Waals surface area contributed by atoms with E-state index in [2.05, 4.69) is 10.3 Å². The quantitative estimate of drug-likeness (QED) is 0.576. The zero-order valence-corrected chi connectivity index (χ0v) is 15.8. The number of aromatic nitrogens is 3. The molecule has 2 heterocycles. The van der Waals surface area contributed by atoms with Gasteiger partial charge in [-0.25, -0.2) is 4.98 Å². The molecule has 28 heavy (non-hydrogen) atoms. The Labute approximate surface area is 166 Å². The number of benzene rings is 2. The fraction of sp³-hybridized carbons (Fsp3) is 0.0952. The van der Waals surface area contributed by atoms with Crippen molar-refractivity contribution in [1.29, 1.82) is 0 Å². The smallest absolute Gasteiger partial charge is 0.263 e. The van der Waals surface area contributed by atoms with E-state index in [4.69, 9.17) is 11.6 Å². The topological polar surface area (TPSA) is 68.9 Å². The number of imidazole rings is 1. The first kappa shape index (κ1) is 18.0. The maximum Gasteiger partial charge on any atom is 0.263 e. The number of carbonyl (C=O) groups is 1. The molecule has 0 aliphatic carbocycles. The molecule has 1 N–H and O–H groups in total. The molecule has 0 radical (unpaired) electrons. The van der Waals surface area contributed by atoms with Crippen LogP contribution in [0.25, 0.3) is 11.0 Å². The van der Waals surface area contributed by atoms with Crippen LogP contribution in [0.3, 0.4) is 0 Å². The fourth-order valence-corrected chi connectivity index (χ4v) is 3.23. The number of fused-ring (bicyclic) bond motifs is 1. The van der Waals surface area contributed by atoms with Crippen molar-refractivity contribution in [3.05, 3.63) is 93.4 Å². The molecule has 2 aromatic heterocycles. The Hall–Kier alpha value is -3.38. The van der Waals surface area contributed by atoms with Gasteiger partial charge in [-0.3, -0.25) is 14.9 Å². The van der Waals surface area contributed by atoms with Crippen LogP contribution in [0.2, 0.25) is 5.02 Å². The number of pyridine rings is 1. The highest BCUT2D eigenvalue weighted by Crippen LogP contribution is 2.22. The summed E-state index contributed by atoms with van der Waals surface area (Å²) in [6, 6.07) is 18.1. The Kier molecular flexibility index (Phi) is 4.71. The largest absolute Gasteiger partial charge is 0.313 e. The Morgan fingerprint density at radius 2 is 1.89 bits per heavy atom. The molecule has 0 saturated carbocycles. The summed E-state index contributed by atoms with van der Waals surface area (Å²) in [4.78, 5) is 29.9. The van der Waals surface area contributed by atoms with Crippen molar-refractivity contribution < 1.29 is 4.79 Å². The van der Waals surface area contributed by atoms with Gasteiger partial charge in [-0.15, -0.1) is 0 Å². The Balaban J connectivity index is 1.63. The second-order valence-corrected chi connectivity index (χ2v) is 6.86. The van der Waals surface area contributed by atoms with Crippen LogP contribution in [0.1, 0.15) is 15.9 Å². The van der Waals surface area contributed by atoms with Crippen LogP contribution in [0.15, 0.2) is 71.7 Å². The van der Waals surface area contributed by atoms with Crippen molar-refractivity contribution in [3.8, 4) is 0 Å². The van der Waals surface area contributed by atoms with E-state index < -0.39 is 5.91 Å². The summed E-state index contributed by atoms with van der Waals surface area (Å²) in [5.74, 6) is -0.156. The van der Waals surface area contributed by atoms with Crippen LogP contribution in [-0.2, 0) is 13.6 Å². The van der Waals surface area contributed by atoms with Crippen molar-refractivity contribution in [3.63, 3.8) is 0 Å². The van der Waals surface area contributed by atoms with Gasteiger partial charge in [0.05, 0.1) is 17.6 Å². The third-order valence-electron chi connectivity index (χ3n) is 4.53. The molecule has 0 fully saturated rings. The van der Waals surface area contributed by atoms with Crippen LogP contribution < -0.4 is 10.9 Å². The van der Waals surface area contributed by atoms with Gasteiger partial charge in [0.1, 0.15) is 5.56 Å². The standard InChI is InChI=1S/C21H17ClN4O2/c1-25-18-10-9-15(22)12-17(18)23-21(25)24-19(27)16-8-5-11-26(20(16)28)13-14-6-3-2-4-7-14/h2-12H,13H2,1H3,(H,23,24,27). The zero-order valence-electron chi connectivity index (χ0n) is 15.1. The minimum Gasteiger partial charge on any atom is -0.313 e. The van der Waals surface area contributed by atoms with Crippen molar-refractivity contribution in [1.82, 2.24) is 14.1 Å². The predicted octanol–water partition coefficient (Wildman–Crippen LogP) is 3.69. The van der Waals surface area contributed by atoms with Gasteiger partial charge in [-0.2, -0.15) is 0 Å². The van der Waals surface area contributed by atoms with Crippen molar-refractivity contribution in [2.24, 2.45) is 7.05 Å². The molecule has 140 valence electrons. The lowest BCUT2D eigenvalue weighted by Crippen LogP contribution is -2.29. The molecule has 2 aromatic carbocycles. The number of amides is 1. The second-order valence-electron chi connectivity index (χ2n) is 6.42. The Bertz CT molecular complexity index is 1230. The summed E-state index contributed by atoms with van der Waals surface area (Å²) in [6.07, 6.45) is 1.67. The Morgan fingerprint density at radius 1 is 1.11 bits per heavy atom. The summed E-state index contributed by atoms with van der Waals surface area (Å²) in [5, 5.41) is 3.29. The molecule has 0 unspecified atom stereocenters. The van der Waals surface area contributed by atoms with Gasteiger partial charge in [-0.05, 0) is 35.9 Å². The molecule has 1 amide bonds. The van der Waals surface area contributed by atoms with Crippen LogP contribution in [0.4, 0.5) is 5.95 Å². The minimum atomic E-state index is -0.503. The first-order valence-corrected chi connectivity index (χ1v) is 9.07. The molecule has 0 spiro atoms. The van der Waals surface area contributed by atoms with Gasteiger partial charge in [0.15, 0.2) is 0 Å². The molecule has 4 rings (SSSR count). The third kappa shape index (κ3) is 3.42. The number of anilines is 1. The fourth-order valence-electron chi connectivity index (χ4n) is 3.07. The lowest BCUT2D eigenvalue weighted by atomic mass is 10.2. The normalized spacial score (nSPS) is 10.9. The minimum absolute atomic E-state index is 0.0588. The predicted molar refractivity (Wildman–Crippen MR) is 110 cm³/mol. The number of nitrogens with one attached hydrogen (secondary N) is 1. The highest BCUT2D eigenvalue weighted by Gasteiger charge is 2.16. The second kappa shape index (κ2) is 7.32. The maximum atomic E-state index is 12.8. The highest BCUT2D eigenvalue weighted by molar-refractivity contribution is 6.31. The first-order chi connectivity index (χ1) is 13.5. The van der Waals surface area contributed by atoms with Gasteiger partial charge in [0.2, 0.25) is 5.95 Å². The van der Waals surface area contributed by atoms with Gasteiger partial charge in [-0.1, -0.05) is 41.9 Å². The van der Waals surface area contributed by atoms with Crippen molar-refractivity contribution in [2.75, 3.05) is 5.32 Å². The maximum absolute atomic E-state index is 12.8. The number of rotatable bonds is 4. The van der Waals surface area contributed by atoms with E-state index in [-0.39, 0.29) is 11.1 Å². The summed E-state index contributed by atoms with van der Waals surface area (Å²) >= 11 is 6.01. The number of aryl methyl sites for hydroxylation is 1. The summed E-state index contributed by atoms with van der Waals surface area (Å²) in [5.41, 5.74) is 2.18.